The lowest BCUT2D eigenvalue weighted by molar-refractivity contribution is 1.09. The van der Waals surface area contributed by atoms with Gasteiger partial charge < -0.3 is 0 Å². The Balaban J connectivity index is 2.34. The van der Waals surface area contributed by atoms with Crippen LogP contribution in [0.1, 0.15) is 17.8 Å². The van der Waals surface area contributed by atoms with E-state index in [0.29, 0.717) is 0 Å². The second-order valence-corrected chi connectivity index (χ2v) is 3.23. The Bertz CT molecular complexity index is 515. The van der Waals surface area contributed by atoms with Gasteiger partial charge in [0.25, 0.3) is 0 Å². The van der Waals surface area contributed by atoms with Crippen LogP contribution in [0.4, 0.5) is 0 Å². The van der Waals surface area contributed by atoms with E-state index in [9.17, 15) is 0 Å². The summed E-state index contributed by atoms with van der Waals surface area (Å²) in [6.45, 7) is 0. The average Bonchev–Trinajstić information content (AvgIpc) is 2.26. The van der Waals surface area contributed by atoms with Gasteiger partial charge in [-0.1, -0.05) is 18.2 Å². The van der Waals surface area contributed by atoms with Crippen LogP contribution < -0.4 is 0 Å². The summed E-state index contributed by atoms with van der Waals surface area (Å²) >= 11 is 0. The highest BCUT2D eigenvalue weighted by Crippen LogP contribution is 2.19. The molecule has 0 bridgehead atoms. The molecule has 66 valence electrons. The lowest BCUT2D eigenvalue weighted by atomic mass is 10.1. The van der Waals surface area contributed by atoms with Crippen molar-refractivity contribution >= 4 is 17.1 Å². The van der Waals surface area contributed by atoms with Gasteiger partial charge in [0.1, 0.15) is 0 Å². The van der Waals surface area contributed by atoms with Crippen LogP contribution in [-0.4, -0.2) is 9.97 Å². The maximum Gasteiger partial charge on any atom is 0.0894 e. The number of benzene rings is 1. The van der Waals surface area contributed by atoms with Crippen LogP contribution in [0.5, 0.6) is 0 Å². The molecular formula is C12H8N2. The third-order valence-corrected chi connectivity index (χ3v) is 2.26. The molecule has 0 spiro atoms. The summed E-state index contributed by atoms with van der Waals surface area (Å²) in [5.41, 5.74) is 3.69. The molecule has 0 amide bonds. The number of nitrogens with zero attached hydrogens (tertiary/aromatic N) is 2. The molecule has 0 aliphatic heterocycles. The Morgan fingerprint density at radius 3 is 2.71 bits per heavy atom. The number of fused-ring (bicyclic) bond motifs is 2. The third-order valence-electron chi connectivity index (χ3n) is 2.26. The first-order chi connectivity index (χ1) is 6.93. The molecule has 1 aromatic heterocycles. The summed E-state index contributed by atoms with van der Waals surface area (Å²) < 4.78 is 0. The van der Waals surface area contributed by atoms with Crippen molar-refractivity contribution in [1.82, 2.24) is 9.97 Å². The predicted octanol–water partition coefficient (Wildman–Crippen LogP) is 2.48. The molecule has 0 fully saturated rings. The molecule has 0 atom stereocenters. The SMILES string of the molecule is [C]1CC=Cc2nc3ccccc3nc21. The van der Waals surface area contributed by atoms with Gasteiger partial charge in [0.15, 0.2) is 0 Å². The van der Waals surface area contributed by atoms with E-state index in [0.717, 1.165) is 28.8 Å². The second-order valence-electron chi connectivity index (χ2n) is 3.23. The molecule has 0 saturated heterocycles. The van der Waals surface area contributed by atoms with Crippen molar-refractivity contribution < 1.29 is 0 Å². The van der Waals surface area contributed by atoms with E-state index < -0.39 is 0 Å². The largest absolute Gasteiger partial charge is 0.248 e. The Labute approximate surface area is 82.3 Å². The van der Waals surface area contributed by atoms with Crippen LogP contribution in [0.3, 0.4) is 0 Å². The summed E-state index contributed by atoms with van der Waals surface area (Å²) in [7, 11) is 0. The molecule has 3 rings (SSSR count). The normalized spacial score (nSPS) is 14.3. The number of aromatic nitrogens is 2. The maximum atomic E-state index is 4.50. The summed E-state index contributed by atoms with van der Waals surface area (Å²) in [6.07, 6.45) is 8.08. The standard InChI is InChI=1S/C12H8N2/c1-2-6-10-9(5-1)13-11-7-3-4-8-12(11)14-10/h1-3,5-7H,4H2. The lowest BCUT2D eigenvalue weighted by Crippen LogP contribution is -1.99. The fraction of sp³-hybridized carbons (Fsp3) is 0.0833. The van der Waals surface area contributed by atoms with E-state index in [-0.39, 0.29) is 0 Å². The fourth-order valence-corrected chi connectivity index (χ4v) is 1.59. The average molecular weight is 180 g/mol. The lowest BCUT2D eigenvalue weighted by Gasteiger charge is -2.08. The van der Waals surface area contributed by atoms with Gasteiger partial charge in [0.05, 0.1) is 22.4 Å². The van der Waals surface area contributed by atoms with Crippen molar-refractivity contribution in [2.45, 2.75) is 6.42 Å². The molecular weight excluding hydrogens is 172 g/mol. The van der Waals surface area contributed by atoms with E-state index in [2.05, 4.69) is 16.4 Å². The minimum Gasteiger partial charge on any atom is -0.248 e. The van der Waals surface area contributed by atoms with Gasteiger partial charge in [-0.05, 0) is 24.6 Å². The first-order valence-corrected chi connectivity index (χ1v) is 4.61. The number of hydrogen-bond donors (Lipinski definition) is 0. The molecule has 2 aromatic rings. The van der Waals surface area contributed by atoms with Crippen LogP contribution in [0.25, 0.3) is 17.1 Å². The number of rotatable bonds is 0. The quantitative estimate of drug-likeness (QED) is 0.622. The van der Waals surface area contributed by atoms with Crippen molar-refractivity contribution in [1.29, 1.82) is 0 Å². The van der Waals surface area contributed by atoms with E-state index in [4.69, 9.17) is 0 Å². The molecule has 1 aliphatic carbocycles. The zero-order chi connectivity index (χ0) is 9.38. The third kappa shape index (κ3) is 1.11. The van der Waals surface area contributed by atoms with Crippen LogP contribution in [0.15, 0.2) is 30.3 Å². The minimum atomic E-state index is 0.833. The molecule has 0 saturated carbocycles. The Kier molecular flexibility index (Phi) is 1.60. The van der Waals surface area contributed by atoms with Crippen LogP contribution in [0.2, 0.25) is 0 Å². The van der Waals surface area contributed by atoms with Gasteiger partial charge in [-0.15, -0.1) is 0 Å². The van der Waals surface area contributed by atoms with Crippen molar-refractivity contribution in [2.75, 3.05) is 0 Å². The van der Waals surface area contributed by atoms with Gasteiger partial charge in [-0.25, -0.2) is 9.97 Å². The number of hydrogen-bond acceptors (Lipinski definition) is 2. The predicted molar refractivity (Wildman–Crippen MR) is 55.5 cm³/mol. The van der Waals surface area contributed by atoms with E-state index in [1.54, 1.807) is 0 Å². The minimum absolute atomic E-state index is 0.833. The van der Waals surface area contributed by atoms with Crippen LogP contribution in [0, 0.1) is 6.42 Å². The highest BCUT2D eigenvalue weighted by molar-refractivity contribution is 5.76. The highest BCUT2D eigenvalue weighted by Gasteiger charge is 2.09. The van der Waals surface area contributed by atoms with E-state index in [1.165, 1.54) is 0 Å². The van der Waals surface area contributed by atoms with E-state index >= 15 is 0 Å². The zero-order valence-corrected chi connectivity index (χ0v) is 7.57. The molecule has 1 heterocycles. The van der Waals surface area contributed by atoms with Crippen molar-refractivity contribution in [2.24, 2.45) is 0 Å². The summed E-state index contributed by atoms with van der Waals surface area (Å²) in [5, 5.41) is 0. The monoisotopic (exact) mass is 180 g/mol. The molecule has 1 aliphatic rings. The molecule has 2 heteroatoms. The van der Waals surface area contributed by atoms with Gasteiger partial charge in [0, 0.05) is 6.42 Å². The Morgan fingerprint density at radius 2 is 1.86 bits per heavy atom. The van der Waals surface area contributed by atoms with Crippen LogP contribution in [-0.2, 0) is 0 Å². The first-order valence-electron chi connectivity index (χ1n) is 4.61. The smallest absolute Gasteiger partial charge is 0.0894 e. The van der Waals surface area contributed by atoms with Crippen molar-refractivity contribution in [3.8, 4) is 0 Å². The Hall–Kier alpha value is -1.70. The van der Waals surface area contributed by atoms with Crippen molar-refractivity contribution in [3.63, 3.8) is 0 Å². The van der Waals surface area contributed by atoms with Gasteiger partial charge in [-0.3, -0.25) is 0 Å². The molecule has 0 unspecified atom stereocenters. The van der Waals surface area contributed by atoms with Gasteiger partial charge in [0.2, 0.25) is 0 Å². The number of para-hydroxylation sites is 2. The molecule has 1 aromatic carbocycles. The Morgan fingerprint density at radius 1 is 1.07 bits per heavy atom. The topological polar surface area (TPSA) is 25.8 Å². The van der Waals surface area contributed by atoms with Gasteiger partial charge in [-0.2, -0.15) is 0 Å². The molecule has 2 radical (unpaired) electrons. The number of allylic oxidation sites excluding steroid dienone is 1. The first kappa shape index (κ1) is 7.68. The van der Waals surface area contributed by atoms with Gasteiger partial charge >= 0.3 is 0 Å². The zero-order valence-electron chi connectivity index (χ0n) is 7.57. The fourth-order valence-electron chi connectivity index (χ4n) is 1.59. The summed E-state index contributed by atoms with van der Waals surface area (Å²) in [5.74, 6) is 0. The highest BCUT2D eigenvalue weighted by atomic mass is 14.8. The van der Waals surface area contributed by atoms with E-state index in [1.807, 2.05) is 36.4 Å². The second kappa shape index (κ2) is 2.91. The maximum absolute atomic E-state index is 4.50. The molecule has 14 heavy (non-hydrogen) atoms. The van der Waals surface area contributed by atoms with Crippen molar-refractivity contribution in [3.05, 3.63) is 48.2 Å². The molecule has 0 N–H and O–H groups in total. The van der Waals surface area contributed by atoms with Crippen LogP contribution >= 0.6 is 0 Å². The summed E-state index contributed by atoms with van der Waals surface area (Å²) in [4.78, 5) is 8.99. The summed E-state index contributed by atoms with van der Waals surface area (Å²) in [6, 6.07) is 7.90. The molecule has 2 nitrogen and oxygen atoms in total.